The molecule has 0 aliphatic carbocycles. The minimum atomic E-state index is 0.370. The summed E-state index contributed by atoms with van der Waals surface area (Å²) in [5, 5.41) is 2.15. The van der Waals surface area contributed by atoms with Crippen LogP contribution >= 0.6 is 11.3 Å². The van der Waals surface area contributed by atoms with Crippen molar-refractivity contribution >= 4 is 11.3 Å². The molecule has 1 aliphatic heterocycles. The predicted octanol–water partition coefficient (Wildman–Crippen LogP) is 2.94. The van der Waals surface area contributed by atoms with Gasteiger partial charge in [0, 0.05) is 24.2 Å². The lowest BCUT2D eigenvalue weighted by atomic mass is 10.2. The largest absolute Gasteiger partial charge is 0.304 e. The first kappa shape index (κ1) is 14.6. The van der Waals surface area contributed by atoms with E-state index in [0.29, 0.717) is 6.04 Å². The van der Waals surface area contributed by atoms with Gasteiger partial charge in [0.1, 0.15) is 5.82 Å². The van der Waals surface area contributed by atoms with Gasteiger partial charge in [0.2, 0.25) is 0 Å². The minimum Gasteiger partial charge on any atom is -0.304 e. The minimum absolute atomic E-state index is 0.370. The molecule has 1 unspecified atom stereocenters. The number of aromatic nitrogens is 2. The first-order chi connectivity index (χ1) is 10.2. The van der Waals surface area contributed by atoms with Crippen molar-refractivity contribution in [3.8, 4) is 0 Å². The zero-order valence-corrected chi connectivity index (χ0v) is 13.5. The molecule has 0 radical (unpaired) electrons. The normalized spacial score (nSPS) is 19.5. The second-order valence-electron chi connectivity index (χ2n) is 5.85. The molecule has 2 aromatic rings. The number of likely N-dealkylation sites (tertiary alicyclic amines) is 1. The van der Waals surface area contributed by atoms with Crippen molar-refractivity contribution in [2.45, 2.75) is 32.0 Å². The highest BCUT2D eigenvalue weighted by molar-refractivity contribution is 7.09. The third kappa shape index (κ3) is 3.67. The lowest BCUT2D eigenvalue weighted by molar-refractivity contribution is 0.241. The van der Waals surface area contributed by atoms with E-state index in [4.69, 9.17) is 4.98 Å². The quantitative estimate of drug-likeness (QED) is 0.850. The van der Waals surface area contributed by atoms with Crippen LogP contribution in [0.5, 0.6) is 0 Å². The average molecular weight is 302 g/mol. The fourth-order valence-electron chi connectivity index (χ4n) is 2.90. The van der Waals surface area contributed by atoms with Gasteiger partial charge in [-0.15, -0.1) is 11.3 Å². The van der Waals surface area contributed by atoms with E-state index in [9.17, 15) is 0 Å². The van der Waals surface area contributed by atoms with E-state index in [-0.39, 0.29) is 0 Å². The molecule has 0 aromatic carbocycles. The molecule has 0 N–H and O–H groups in total. The Morgan fingerprint density at radius 1 is 1.38 bits per heavy atom. The van der Waals surface area contributed by atoms with Gasteiger partial charge in [0.25, 0.3) is 0 Å². The lowest BCUT2D eigenvalue weighted by Gasteiger charge is -2.23. The zero-order valence-electron chi connectivity index (χ0n) is 12.7. The van der Waals surface area contributed by atoms with Crippen LogP contribution in [0.2, 0.25) is 0 Å². The molecule has 0 bridgehead atoms. The van der Waals surface area contributed by atoms with E-state index < -0.39 is 0 Å². The lowest BCUT2D eigenvalue weighted by Crippen LogP contribution is -2.24. The van der Waals surface area contributed by atoms with Gasteiger partial charge in [-0.3, -0.25) is 4.90 Å². The van der Waals surface area contributed by atoms with Crippen LogP contribution in [-0.2, 0) is 13.1 Å². The summed E-state index contributed by atoms with van der Waals surface area (Å²) < 4.78 is 0. The summed E-state index contributed by atoms with van der Waals surface area (Å²) >= 11 is 1.83. The Morgan fingerprint density at radius 2 is 2.29 bits per heavy atom. The van der Waals surface area contributed by atoms with Crippen LogP contribution in [0.15, 0.2) is 29.8 Å². The molecule has 112 valence electrons. The molecule has 2 aromatic heterocycles. The second-order valence-corrected chi connectivity index (χ2v) is 6.88. The van der Waals surface area contributed by atoms with Crippen LogP contribution in [0, 0.1) is 0 Å². The molecule has 1 saturated heterocycles. The molecule has 1 aliphatic rings. The number of hydrogen-bond acceptors (Lipinski definition) is 5. The first-order valence-electron chi connectivity index (χ1n) is 7.45. The number of thiophene rings is 1. The van der Waals surface area contributed by atoms with Crippen molar-refractivity contribution in [2.24, 2.45) is 0 Å². The maximum absolute atomic E-state index is 4.78. The Morgan fingerprint density at radius 3 is 3.05 bits per heavy atom. The van der Waals surface area contributed by atoms with E-state index >= 15 is 0 Å². The van der Waals surface area contributed by atoms with Gasteiger partial charge in [0.05, 0.1) is 11.7 Å². The predicted molar refractivity (Wildman–Crippen MR) is 86.1 cm³/mol. The molecule has 21 heavy (non-hydrogen) atoms. The van der Waals surface area contributed by atoms with Gasteiger partial charge >= 0.3 is 0 Å². The number of hydrogen-bond donors (Lipinski definition) is 0. The molecular formula is C16H22N4S. The highest BCUT2D eigenvalue weighted by atomic mass is 32.1. The molecule has 1 fully saturated rings. The molecule has 3 heterocycles. The van der Waals surface area contributed by atoms with Crippen molar-refractivity contribution in [1.29, 1.82) is 0 Å². The van der Waals surface area contributed by atoms with E-state index in [0.717, 1.165) is 37.6 Å². The van der Waals surface area contributed by atoms with E-state index in [2.05, 4.69) is 46.4 Å². The summed E-state index contributed by atoms with van der Waals surface area (Å²) in [4.78, 5) is 15.4. The Hall–Kier alpha value is -1.30. The van der Waals surface area contributed by atoms with Gasteiger partial charge < -0.3 is 4.90 Å². The van der Waals surface area contributed by atoms with Crippen molar-refractivity contribution < 1.29 is 0 Å². The van der Waals surface area contributed by atoms with Gasteiger partial charge in [-0.2, -0.15) is 0 Å². The van der Waals surface area contributed by atoms with E-state index in [1.54, 1.807) is 0 Å². The first-order valence-corrected chi connectivity index (χ1v) is 8.33. The Balaban J connectivity index is 1.75. The zero-order chi connectivity index (χ0) is 14.7. The fourth-order valence-corrected chi connectivity index (χ4v) is 3.63. The summed E-state index contributed by atoms with van der Waals surface area (Å²) in [5.41, 5.74) is 1.10. The summed E-state index contributed by atoms with van der Waals surface area (Å²) in [7, 11) is 4.14. The number of nitrogens with zero attached hydrogens (tertiary/aromatic N) is 4. The van der Waals surface area contributed by atoms with Crippen molar-refractivity contribution in [1.82, 2.24) is 19.8 Å². The maximum Gasteiger partial charge on any atom is 0.145 e. The molecule has 5 heteroatoms. The van der Waals surface area contributed by atoms with Crippen molar-refractivity contribution in [3.63, 3.8) is 0 Å². The summed E-state index contributed by atoms with van der Waals surface area (Å²) in [5.74, 6) is 0.989. The van der Waals surface area contributed by atoms with Crippen molar-refractivity contribution in [3.05, 3.63) is 46.2 Å². The van der Waals surface area contributed by atoms with E-state index in [1.165, 1.54) is 11.3 Å². The Kier molecular flexibility index (Phi) is 4.63. The van der Waals surface area contributed by atoms with Crippen LogP contribution < -0.4 is 0 Å². The topological polar surface area (TPSA) is 32.3 Å². The Bertz CT molecular complexity index is 567. The molecule has 0 amide bonds. The van der Waals surface area contributed by atoms with Crippen LogP contribution in [0.3, 0.4) is 0 Å². The second kappa shape index (κ2) is 6.64. The summed E-state index contributed by atoms with van der Waals surface area (Å²) in [6.45, 7) is 3.03. The summed E-state index contributed by atoms with van der Waals surface area (Å²) in [6, 6.07) is 6.72. The molecule has 0 saturated carbocycles. The van der Waals surface area contributed by atoms with Gasteiger partial charge in [-0.1, -0.05) is 6.07 Å². The number of rotatable bonds is 5. The highest BCUT2D eigenvalue weighted by Crippen LogP contribution is 2.31. The van der Waals surface area contributed by atoms with Crippen molar-refractivity contribution in [2.75, 3.05) is 20.6 Å². The molecule has 3 rings (SSSR count). The summed E-state index contributed by atoms with van der Waals surface area (Å²) in [6.07, 6.45) is 4.30. The third-order valence-electron chi connectivity index (χ3n) is 3.81. The van der Waals surface area contributed by atoms with Gasteiger partial charge in [-0.05, 0) is 51.0 Å². The van der Waals surface area contributed by atoms with Crippen LogP contribution in [0.1, 0.15) is 35.3 Å². The fraction of sp³-hybridized carbons (Fsp3) is 0.500. The van der Waals surface area contributed by atoms with Crippen LogP contribution in [-0.4, -0.2) is 40.4 Å². The Labute approximate surface area is 130 Å². The van der Waals surface area contributed by atoms with Gasteiger partial charge in [0.15, 0.2) is 0 Å². The monoisotopic (exact) mass is 302 g/mol. The van der Waals surface area contributed by atoms with Gasteiger partial charge in [-0.25, -0.2) is 9.97 Å². The molecule has 0 spiro atoms. The molecule has 4 nitrogen and oxygen atoms in total. The standard InChI is InChI=1S/C16H22N4S/c1-19(2)11-13-7-8-17-16(18-13)15-6-3-9-20(15)12-14-5-4-10-21-14/h4-5,7-8,10,15H,3,6,9,11-12H2,1-2H3. The maximum atomic E-state index is 4.78. The average Bonchev–Trinajstić information content (AvgIpc) is 3.10. The SMILES string of the molecule is CN(C)Cc1ccnc(C2CCCN2Cc2cccs2)n1. The smallest absolute Gasteiger partial charge is 0.145 e. The molecule has 1 atom stereocenters. The van der Waals surface area contributed by atoms with E-state index in [1.807, 2.05) is 23.6 Å². The van der Waals surface area contributed by atoms with Crippen LogP contribution in [0.4, 0.5) is 0 Å². The third-order valence-corrected chi connectivity index (χ3v) is 4.67. The highest BCUT2D eigenvalue weighted by Gasteiger charge is 2.28. The van der Waals surface area contributed by atoms with Crippen LogP contribution in [0.25, 0.3) is 0 Å². The molecular weight excluding hydrogens is 280 g/mol.